The first-order valence-corrected chi connectivity index (χ1v) is 12.2. The van der Waals surface area contributed by atoms with E-state index < -0.39 is 29.1 Å². The average molecular weight is 559 g/mol. The number of aromatic nitrogens is 4. The van der Waals surface area contributed by atoms with Crippen molar-refractivity contribution in [2.75, 3.05) is 17.7 Å². The lowest BCUT2D eigenvalue weighted by molar-refractivity contribution is 0.202. The van der Waals surface area contributed by atoms with E-state index in [0.29, 0.717) is 11.1 Å². The molecule has 0 saturated heterocycles. The van der Waals surface area contributed by atoms with Gasteiger partial charge in [0.05, 0.1) is 16.9 Å². The summed E-state index contributed by atoms with van der Waals surface area (Å²) in [5.74, 6) is -1.59. The number of H-pyrrole nitrogens is 1. The minimum absolute atomic E-state index is 0.00746. The predicted octanol–water partition coefficient (Wildman–Crippen LogP) is 5.51. The Morgan fingerprint density at radius 2 is 1.85 bits per heavy atom. The van der Waals surface area contributed by atoms with Gasteiger partial charge >= 0.3 is 6.09 Å². The van der Waals surface area contributed by atoms with Gasteiger partial charge in [0.1, 0.15) is 45.7 Å². The molecule has 13 heteroatoms. The van der Waals surface area contributed by atoms with Gasteiger partial charge in [-0.15, -0.1) is 0 Å². The van der Waals surface area contributed by atoms with E-state index in [2.05, 4.69) is 20.2 Å². The van der Waals surface area contributed by atoms with E-state index in [1.807, 2.05) is 0 Å². The summed E-state index contributed by atoms with van der Waals surface area (Å²) in [4.78, 5) is 34.7. The van der Waals surface area contributed by atoms with E-state index in [0.717, 1.165) is 17.0 Å². The standard InChI is InChI=1S/C28H20F2N6O5/c1-12(24-19(13-5-3-6-14(29)11-13)23(37)20-15(30)7-4-8-16(20)41-24)26-32-25(31)21-22(34-35-27(21)33-26)17-9-10-18(40-17)36(2)28(38)39/h3-12H,1-2H3,(H,38,39)(H3,31,32,33,34,35). The molecule has 0 aliphatic heterocycles. The van der Waals surface area contributed by atoms with Gasteiger partial charge in [0.2, 0.25) is 11.3 Å². The van der Waals surface area contributed by atoms with E-state index >= 15 is 0 Å². The maximum atomic E-state index is 14.7. The minimum Gasteiger partial charge on any atom is -0.465 e. The Morgan fingerprint density at radius 1 is 1.07 bits per heavy atom. The Hall–Kier alpha value is -5.59. The highest BCUT2D eigenvalue weighted by molar-refractivity contribution is 5.97. The van der Waals surface area contributed by atoms with Gasteiger partial charge < -0.3 is 19.7 Å². The van der Waals surface area contributed by atoms with Crippen molar-refractivity contribution in [1.82, 2.24) is 20.2 Å². The predicted molar refractivity (Wildman–Crippen MR) is 146 cm³/mol. The smallest absolute Gasteiger partial charge is 0.413 e. The number of carbonyl (C=O) groups is 1. The first-order chi connectivity index (χ1) is 19.6. The number of nitrogens with two attached hydrogens (primary N) is 1. The third-order valence-corrected chi connectivity index (χ3v) is 6.70. The Labute approximate surface area is 228 Å². The van der Waals surface area contributed by atoms with Crippen molar-refractivity contribution in [2.45, 2.75) is 12.8 Å². The summed E-state index contributed by atoms with van der Waals surface area (Å²) in [7, 11) is 1.33. The van der Waals surface area contributed by atoms with Crippen molar-refractivity contribution in [1.29, 1.82) is 0 Å². The maximum Gasteiger partial charge on any atom is 0.413 e. The van der Waals surface area contributed by atoms with E-state index in [-0.39, 0.29) is 56.8 Å². The molecule has 1 atom stereocenters. The maximum absolute atomic E-state index is 14.7. The normalized spacial score (nSPS) is 12.2. The summed E-state index contributed by atoms with van der Waals surface area (Å²) in [6.07, 6.45) is -1.21. The molecule has 4 N–H and O–H groups in total. The number of carboxylic acid groups (broad SMARTS) is 1. The second-order valence-electron chi connectivity index (χ2n) is 9.26. The highest BCUT2D eigenvalue weighted by atomic mass is 19.1. The second kappa shape index (κ2) is 9.55. The van der Waals surface area contributed by atoms with Crippen LogP contribution in [0.2, 0.25) is 0 Å². The molecule has 6 rings (SSSR count). The van der Waals surface area contributed by atoms with Crippen molar-refractivity contribution >= 4 is 39.8 Å². The van der Waals surface area contributed by atoms with E-state index in [1.54, 1.807) is 13.0 Å². The number of hydrogen-bond acceptors (Lipinski definition) is 8. The zero-order chi connectivity index (χ0) is 29.0. The number of rotatable bonds is 5. The molecule has 206 valence electrons. The molecule has 0 bridgehead atoms. The lowest BCUT2D eigenvalue weighted by atomic mass is 9.95. The summed E-state index contributed by atoms with van der Waals surface area (Å²) < 4.78 is 40.6. The molecule has 4 aromatic heterocycles. The summed E-state index contributed by atoms with van der Waals surface area (Å²) in [6, 6.07) is 12.4. The van der Waals surface area contributed by atoms with Crippen LogP contribution < -0.4 is 16.1 Å². The Bertz CT molecular complexity index is 2050. The van der Waals surface area contributed by atoms with Crippen LogP contribution >= 0.6 is 0 Å². The van der Waals surface area contributed by atoms with Crippen molar-refractivity contribution in [2.24, 2.45) is 0 Å². The fraction of sp³-hybridized carbons (Fsp3) is 0.107. The van der Waals surface area contributed by atoms with Crippen molar-refractivity contribution in [3.8, 4) is 22.6 Å². The Kier molecular flexibility index (Phi) is 5.98. The molecule has 0 radical (unpaired) electrons. The molecule has 1 amide bonds. The molecule has 41 heavy (non-hydrogen) atoms. The van der Waals surface area contributed by atoms with Gasteiger partial charge in [-0.25, -0.2) is 23.5 Å². The zero-order valence-corrected chi connectivity index (χ0v) is 21.5. The minimum atomic E-state index is -1.21. The molecule has 0 saturated carbocycles. The zero-order valence-electron chi connectivity index (χ0n) is 21.5. The first-order valence-electron chi connectivity index (χ1n) is 12.2. The summed E-state index contributed by atoms with van der Waals surface area (Å²) in [6.45, 7) is 1.67. The molecule has 0 spiro atoms. The highest BCUT2D eigenvalue weighted by Crippen LogP contribution is 2.36. The van der Waals surface area contributed by atoms with Crippen LogP contribution in [0.3, 0.4) is 0 Å². The number of nitrogen functional groups attached to an aromatic ring is 1. The van der Waals surface area contributed by atoms with Crippen LogP contribution in [0, 0.1) is 11.6 Å². The van der Waals surface area contributed by atoms with Gasteiger partial charge in [-0.05, 0) is 42.8 Å². The fourth-order valence-electron chi connectivity index (χ4n) is 4.63. The summed E-state index contributed by atoms with van der Waals surface area (Å²) in [5.41, 5.74) is 6.32. The first kappa shape index (κ1) is 25.7. The van der Waals surface area contributed by atoms with Crippen LogP contribution in [0.5, 0.6) is 0 Å². The summed E-state index contributed by atoms with van der Waals surface area (Å²) in [5, 5.41) is 16.3. The van der Waals surface area contributed by atoms with E-state index in [4.69, 9.17) is 14.6 Å². The van der Waals surface area contributed by atoms with Gasteiger partial charge in [-0.3, -0.25) is 14.8 Å². The van der Waals surface area contributed by atoms with Gasteiger partial charge in [0, 0.05) is 13.1 Å². The molecule has 6 aromatic rings. The number of fused-ring (bicyclic) bond motifs is 2. The van der Waals surface area contributed by atoms with Gasteiger partial charge in [0.15, 0.2) is 11.4 Å². The SMILES string of the molecule is CC(c1nc(N)c2c(-c3ccc(N(C)C(=O)O)o3)[nH]nc2n1)c1oc2cccc(F)c2c(=O)c1-c1cccc(F)c1. The molecule has 4 heterocycles. The van der Waals surface area contributed by atoms with Crippen LogP contribution in [-0.4, -0.2) is 38.4 Å². The quantitative estimate of drug-likeness (QED) is 0.247. The van der Waals surface area contributed by atoms with Gasteiger partial charge in [-0.2, -0.15) is 5.10 Å². The van der Waals surface area contributed by atoms with Crippen LogP contribution in [0.4, 0.5) is 25.3 Å². The summed E-state index contributed by atoms with van der Waals surface area (Å²) >= 11 is 0. The average Bonchev–Trinajstić information content (AvgIpc) is 3.59. The Balaban J connectivity index is 1.50. The molecule has 0 fully saturated rings. The number of hydrogen-bond donors (Lipinski definition) is 3. The molecular weight excluding hydrogens is 538 g/mol. The van der Waals surface area contributed by atoms with E-state index in [9.17, 15) is 23.5 Å². The number of aromatic amines is 1. The topological polar surface area (TPSA) is 164 Å². The van der Waals surface area contributed by atoms with Gasteiger partial charge in [0.25, 0.3) is 0 Å². The molecule has 2 aromatic carbocycles. The van der Waals surface area contributed by atoms with Crippen LogP contribution in [0.25, 0.3) is 44.6 Å². The van der Waals surface area contributed by atoms with Crippen LogP contribution in [0.15, 0.2) is 68.2 Å². The van der Waals surface area contributed by atoms with Crippen molar-refractivity contribution in [3.63, 3.8) is 0 Å². The third-order valence-electron chi connectivity index (χ3n) is 6.70. The second-order valence-corrected chi connectivity index (χ2v) is 9.26. The molecule has 0 aliphatic carbocycles. The van der Waals surface area contributed by atoms with Crippen LogP contribution in [0.1, 0.15) is 24.4 Å². The fourth-order valence-corrected chi connectivity index (χ4v) is 4.63. The van der Waals surface area contributed by atoms with Crippen molar-refractivity contribution < 1.29 is 27.5 Å². The Morgan fingerprint density at radius 3 is 2.61 bits per heavy atom. The highest BCUT2D eigenvalue weighted by Gasteiger charge is 2.27. The van der Waals surface area contributed by atoms with Gasteiger partial charge in [-0.1, -0.05) is 18.2 Å². The van der Waals surface area contributed by atoms with Crippen LogP contribution in [-0.2, 0) is 0 Å². The monoisotopic (exact) mass is 558 g/mol. The number of benzene rings is 2. The molecular formula is C28H20F2N6O5. The largest absolute Gasteiger partial charge is 0.465 e. The van der Waals surface area contributed by atoms with Crippen molar-refractivity contribution in [3.05, 3.63) is 88.0 Å². The lowest BCUT2D eigenvalue weighted by Crippen LogP contribution is -2.22. The molecule has 0 aliphatic rings. The third kappa shape index (κ3) is 4.23. The number of anilines is 2. The lowest BCUT2D eigenvalue weighted by Gasteiger charge is -2.16. The molecule has 1 unspecified atom stereocenters. The number of amides is 1. The number of nitrogens with one attached hydrogen (secondary N) is 1. The molecule has 11 nitrogen and oxygen atoms in total. The number of nitrogens with zero attached hydrogens (tertiary/aromatic N) is 4. The number of halogens is 2. The number of furan rings is 1. The van der Waals surface area contributed by atoms with E-state index in [1.165, 1.54) is 43.4 Å².